The summed E-state index contributed by atoms with van der Waals surface area (Å²) in [7, 11) is 4.12. The van der Waals surface area contributed by atoms with Crippen molar-refractivity contribution in [2.24, 2.45) is 22.7 Å². The zero-order valence-electron chi connectivity index (χ0n) is 15.4. The summed E-state index contributed by atoms with van der Waals surface area (Å²) in [5, 5.41) is 0. The number of fused-ring (bicyclic) bond motifs is 2. The predicted octanol–water partition coefficient (Wildman–Crippen LogP) is -0.781. The highest BCUT2D eigenvalue weighted by atomic mass is 16.5. The van der Waals surface area contributed by atoms with E-state index in [4.69, 9.17) is 9.47 Å². The fourth-order valence-corrected chi connectivity index (χ4v) is 4.15. The molecular weight excluding hydrogens is 364 g/mol. The second-order valence-corrected chi connectivity index (χ2v) is 6.61. The van der Waals surface area contributed by atoms with Crippen molar-refractivity contribution in [1.82, 2.24) is 0 Å². The van der Waals surface area contributed by atoms with E-state index in [-0.39, 0.29) is 0 Å². The molecule has 2 aliphatic carbocycles. The van der Waals surface area contributed by atoms with Gasteiger partial charge in [-0.25, -0.2) is 0 Å². The summed E-state index contributed by atoms with van der Waals surface area (Å²) in [4.78, 5) is 75.5. The van der Waals surface area contributed by atoms with Gasteiger partial charge >= 0.3 is 23.9 Å². The Labute approximate surface area is 154 Å². The maximum atomic E-state index is 13.1. The summed E-state index contributed by atoms with van der Waals surface area (Å²) in [5.74, 6) is -8.90. The first-order chi connectivity index (χ1) is 12.6. The van der Waals surface area contributed by atoms with E-state index in [1.807, 2.05) is 0 Å². The summed E-state index contributed by atoms with van der Waals surface area (Å²) >= 11 is 0. The number of carbonyl (C=O) groups is 6. The highest BCUT2D eigenvalue weighted by Crippen LogP contribution is 2.57. The summed E-state index contributed by atoms with van der Waals surface area (Å²) < 4.78 is 18.7. The molecule has 0 unspecified atom stereocenters. The number of hydrogen-bond acceptors (Lipinski definition) is 10. The maximum absolute atomic E-state index is 13.1. The molecule has 10 heteroatoms. The van der Waals surface area contributed by atoms with Crippen LogP contribution >= 0.6 is 0 Å². The third-order valence-corrected chi connectivity index (χ3v) is 5.41. The van der Waals surface area contributed by atoms with Crippen LogP contribution in [0.5, 0.6) is 0 Å². The standard InChI is InChI=1S/C17H20O10/c1-24-12(20)8-5-16(14(22)26-3)7-17(10(8)18,15(23)27-4)6-9(11(16)19)13(21)25-2/h8-9H,5-7H2,1-4H3/t8-,9-,16+,17+/m0/s1. The summed E-state index contributed by atoms with van der Waals surface area (Å²) in [6, 6.07) is 0. The van der Waals surface area contributed by atoms with Crippen LogP contribution in [0.1, 0.15) is 19.3 Å². The average molecular weight is 384 g/mol. The van der Waals surface area contributed by atoms with Gasteiger partial charge in [0.15, 0.2) is 11.6 Å². The largest absolute Gasteiger partial charge is 0.468 e. The minimum atomic E-state index is -2.05. The van der Waals surface area contributed by atoms with Crippen LogP contribution < -0.4 is 0 Å². The molecule has 27 heavy (non-hydrogen) atoms. The van der Waals surface area contributed by atoms with Crippen molar-refractivity contribution in [3.8, 4) is 0 Å². The lowest BCUT2D eigenvalue weighted by Gasteiger charge is -2.50. The van der Waals surface area contributed by atoms with Gasteiger partial charge in [-0.2, -0.15) is 0 Å². The number of methoxy groups -OCH3 is 4. The molecule has 0 amide bonds. The van der Waals surface area contributed by atoms with E-state index in [0.29, 0.717) is 0 Å². The van der Waals surface area contributed by atoms with Gasteiger partial charge in [0, 0.05) is 0 Å². The summed E-state index contributed by atoms with van der Waals surface area (Å²) in [6.45, 7) is 0. The molecule has 10 nitrogen and oxygen atoms in total. The van der Waals surface area contributed by atoms with Crippen molar-refractivity contribution in [1.29, 1.82) is 0 Å². The Bertz CT molecular complexity index is 665. The minimum Gasteiger partial charge on any atom is -0.468 e. The zero-order valence-corrected chi connectivity index (χ0v) is 15.4. The van der Waals surface area contributed by atoms with Gasteiger partial charge in [0.2, 0.25) is 0 Å². The number of ether oxygens (including phenoxy) is 4. The number of esters is 4. The van der Waals surface area contributed by atoms with Gasteiger partial charge in [-0.15, -0.1) is 0 Å². The molecule has 4 atom stereocenters. The molecule has 2 rings (SSSR count). The second kappa shape index (κ2) is 7.09. The van der Waals surface area contributed by atoms with E-state index in [0.717, 1.165) is 28.4 Å². The normalized spacial score (nSPS) is 32.3. The van der Waals surface area contributed by atoms with Gasteiger partial charge in [0.25, 0.3) is 0 Å². The number of hydrogen-bond donors (Lipinski definition) is 0. The van der Waals surface area contributed by atoms with Crippen LogP contribution in [0, 0.1) is 22.7 Å². The van der Waals surface area contributed by atoms with E-state index in [1.54, 1.807) is 0 Å². The molecule has 0 aromatic heterocycles. The van der Waals surface area contributed by atoms with Crippen molar-refractivity contribution >= 4 is 35.4 Å². The Balaban J connectivity index is 2.75. The van der Waals surface area contributed by atoms with E-state index in [9.17, 15) is 28.8 Å². The van der Waals surface area contributed by atoms with Crippen molar-refractivity contribution < 1.29 is 47.7 Å². The monoisotopic (exact) mass is 384 g/mol. The molecule has 0 heterocycles. The second-order valence-electron chi connectivity index (χ2n) is 6.61. The fourth-order valence-electron chi connectivity index (χ4n) is 4.15. The molecule has 0 radical (unpaired) electrons. The third-order valence-electron chi connectivity index (χ3n) is 5.41. The van der Waals surface area contributed by atoms with E-state index in [1.165, 1.54) is 0 Å². The lowest BCUT2D eigenvalue weighted by Crippen LogP contribution is -2.65. The molecular formula is C17H20O10. The molecule has 2 aliphatic rings. The van der Waals surface area contributed by atoms with Gasteiger partial charge in [-0.05, 0) is 19.3 Å². The van der Waals surface area contributed by atoms with Gasteiger partial charge < -0.3 is 18.9 Å². The predicted molar refractivity (Wildman–Crippen MR) is 83.8 cm³/mol. The number of rotatable bonds is 4. The molecule has 0 saturated heterocycles. The van der Waals surface area contributed by atoms with E-state index in [2.05, 4.69) is 9.47 Å². The molecule has 0 spiro atoms. The van der Waals surface area contributed by atoms with Crippen molar-refractivity contribution in [2.75, 3.05) is 28.4 Å². The Morgan fingerprint density at radius 2 is 1.04 bits per heavy atom. The van der Waals surface area contributed by atoms with Crippen LogP contribution in [0.2, 0.25) is 0 Å². The Hall–Kier alpha value is -2.78. The highest BCUT2D eigenvalue weighted by molar-refractivity contribution is 6.21. The van der Waals surface area contributed by atoms with Crippen LogP contribution in [-0.2, 0) is 47.7 Å². The molecule has 0 aromatic carbocycles. The molecule has 148 valence electrons. The first-order valence-electron chi connectivity index (χ1n) is 8.06. The van der Waals surface area contributed by atoms with Crippen LogP contribution in [0.15, 0.2) is 0 Å². The number of ketones is 2. The molecule has 2 bridgehead atoms. The Morgan fingerprint density at radius 3 is 1.30 bits per heavy atom. The van der Waals surface area contributed by atoms with Gasteiger partial charge in [0.1, 0.15) is 22.7 Å². The quantitative estimate of drug-likeness (QED) is 0.344. The van der Waals surface area contributed by atoms with Gasteiger partial charge in [-0.1, -0.05) is 0 Å². The van der Waals surface area contributed by atoms with Gasteiger partial charge in [-0.3, -0.25) is 28.8 Å². The van der Waals surface area contributed by atoms with Crippen LogP contribution in [0.25, 0.3) is 0 Å². The third kappa shape index (κ3) is 2.79. The fraction of sp³-hybridized carbons (Fsp3) is 0.647. The first kappa shape index (κ1) is 20.5. The Kier molecular flexibility index (Phi) is 5.39. The molecule has 2 saturated carbocycles. The van der Waals surface area contributed by atoms with Crippen molar-refractivity contribution in [3.05, 3.63) is 0 Å². The van der Waals surface area contributed by atoms with Crippen molar-refractivity contribution in [3.63, 3.8) is 0 Å². The topological polar surface area (TPSA) is 139 Å². The van der Waals surface area contributed by atoms with E-state index >= 15 is 0 Å². The van der Waals surface area contributed by atoms with E-state index < -0.39 is 77.4 Å². The smallest absolute Gasteiger partial charge is 0.319 e. The number of Topliss-reactive ketones (excluding diaryl/α,β-unsaturated/α-hetero) is 2. The van der Waals surface area contributed by atoms with Crippen LogP contribution in [-0.4, -0.2) is 63.9 Å². The zero-order chi connectivity index (χ0) is 20.6. The van der Waals surface area contributed by atoms with Crippen LogP contribution in [0.3, 0.4) is 0 Å². The van der Waals surface area contributed by atoms with Crippen LogP contribution in [0.4, 0.5) is 0 Å². The average Bonchev–Trinajstić information content (AvgIpc) is 2.69. The maximum Gasteiger partial charge on any atom is 0.319 e. The number of carbonyl (C=O) groups excluding carboxylic acids is 6. The SMILES string of the molecule is COC(=O)[C@H]1C[C@@]2(C(=O)OC)C[C@](C(=O)OC)(C[C@H](C(=O)OC)C2=O)C1=O. The van der Waals surface area contributed by atoms with Gasteiger partial charge in [0.05, 0.1) is 28.4 Å². The van der Waals surface area contributed by atoms with Crippen molar-refractivity contribution in [2.45, 2.75) is 19.3 Å². The highest BCUT2D eigenvalue weighted by Gasteiger charge is 2.71. The minimum absolute atomic E-state index is 0.544. The summed E-state index contributed by atoms with van der Waals surface area (Å²) in [5.41, 5.74) is -4.10. The Morgan fingerprint density at radius 1 is 0.704 bits per heavy atom. The first-order valence-corrected chi connectivity index (χ1v) is 8.06. The lowest BCUT2D eigenvalue weighted by molar-refractivity contribution is -0.188. The molecule has 0 aromatic rings. The molecule has 0 aliphatic heterocycles. The summed E-state index contributed by atoms with van der Waals surface area (Å²) in [6.07, 6.45) is -1.66. The lowest BCUT2D eigenvalue weighted by atomic mass is 9.48. The molecule has 0 N–H and O–H groups in total. The molecule has 2 fully saturated rings.